The summed E-state index contributed by atoms with van der Waals surface area (Å²) in [6.45, 7) is 5.94. The number of allylic oxidation sites excluding steroid dienone is 4. The van der Waals surface area contributed by atoms with Crippen molar-refractivity contribution in [2.24, 2.45) is 5.41 Å². The van der Waals surface area contributed by atoms with E-state index in [1.54, 1.807) is 0 Å². The van der Waals surface area contributed by atoms with Gasteiger partial charge < -0.3 is 4.79 Å². The van der Waals surface area contributed by atoms with Gasteiger partial charge in [0.25, 0.3) is 0 Å². The number of rotatable bonds is 6. The average molecular weight is 180 g/mol. The van der Waals surface area contributed by atoms with Gasteiger partial charge >= 0.3 is 0 Å². The molecule has 0 saturated heterocycles. The Labute approximate surface area is 81.5 Å². The van der Waals surface area contributed by atoms with E-state index in [0.717, 1.165) is 25.5 Å². The monoisotopic (exact) mass is 180 g/mol. The fraction of sp³-hybridized carbons (Fsp3) is 0.583. The fourth-order valence-electron chi connectivity index (χ4n) is 0.912. The van der Waals surface area contributed by atoms with Crippen LogP contribution in [-0.2, 0) is 4.79 Å². The molecule has 0 radical (unpaired) electrons. The summed E-state index contributed by atoms with van der Waals surface area (Å²) in [5.41, 5.74) is -0.197. The van der Waals surface area contributed by atoms with Gasteiger partial charge in [0, 0.05) is 5.41 Å². The molecule has 0 spiro atoms. The second-order valence-corrected chi connectivity index (χ2v) is 3.93. The highest BCUT2D eigenvalue weighted by Gasteiger charge is 2.13. The molecular weight excluding hydrogens is 160 g/mol. The molecule has 0 aliphatic rings. The molecular formula is C12H20O. The number of hydrogen-bond acceptors (Lipinski definition) is 1. The van der Waals surface area contributed by atoms with Crippen LogP contribution in [0, 0.1) is 5.41 Å². The SMILES string of the molecule is CC=CCCC=CCC(C)(C)C=O. The second-order valence-electron chi connectivity index (χ2n) is 3.93. The molecule has 0 aromatic rings. The van der Waals surface area contributed by atoms with E-state index in [2.05, 4.69) is 24.3 Å². The highest BCUT2D eigenvalue weighted by Crippen LogP contribution is 2.17. The van der Waals surface area contributed by atoms with E-state index in [9.17, 15) is 4.79 Å². The van der Waals surface area contributed by atoms with Gasteiger partial charge in [-0.3, -0.25) is 0 Å². The molecule has 0 heterocycles. The van der Waals surface area contributed by atoms with Gasteiger partial charge in [0.15, 0.2) is 0 Å². The van der Waals surface area contributed by atoms with Gasteiger partial charge in [0.1, 0.15) is 6.29 Å². The number of hydrogen-bond donors (Lipinski definition) is 0. The maximum atomic E-state index is 10.5. The van der Waals surface area contributed by atoms with Crippen molar-refractivity contribution in [3.63, 3.8) is 0 Å². The zero-order valence-electron chi connectivity index (χ0n) is 8.92. The molecule has 0 N–H and O–H groups in total. The first kappa shape index (κ1) is 12.2. The van der Waals surface area contributed by atoms with Crippen LogP contribution in [0.1, 0.15) is 40.0 Å². The minimum Gasteiger partial charge on any atom is -0.303 e. The van der Waals surface area contributed by atoms with Crippen molar-refractivity contribution in [1.82, 2.24) is 0 Å². The Morgan fingerprint density at radius 2 is 1.69 bits per heavy atom. The van der Waals surface area contributed by atoms with Gasteiger partial charge in [0.2, 0.25) is 0 Å². The summed E-state index contributed by atoms with van der Waals surface area (Å²) in [5, 5.41) is 0. The highest BCUT2D eigenvalue weighted by molar-refractivity contribution is 5.58. The topological polar surface area (TPSA) is 17.1 Å². The van der Waals surface area contributed by atoms with Gasteiger partial charge in [-0.1, -0.05) is 38.2 Å². The lowest BCUT2D eigenvalue weighted by Crippen LogP contribution is -2.10. The molecule has 0 aliphatic carbocycles. The zero-order valence-corrected chi connectivity index (χ0v) is 8.92. The van der Waals surface area contributed by atoms with Crippen LogP contribution in [-0.4, -0.2) is 6.29 Å². The van der Waals surface area contributed by atoms with Crippen molar-refractivity contribution in [1.29, 1.82) is 0 Å². The van der Waals surface area contributed by atoms with Crippen molar-refractivity contribution in [2.45, 2.75) is 40.0 Å². The molecule has 0 amide bonds. The maximum Gasteiger partial charge on any atom is 0.125 e. The molecule has 0 atom stereocenters. The third-order valence-electron chi connectivity index (χ3n) is 1.87. The van der Waals surface area contributed by atoms with Crippen LogP contribution < -0.4 is 0 Å². The first-order valence-electron chi connectivity index (χ1n) is 4.85. The Balaban J connectivity index is 3.57. The number of unbranched alkanes of at least 4 members (excludes halogenated alkanes) is 1. The summed E-state index contributed by atoms with van der Waals surface area (Å²) in [6, 6.07) is 0. The minimum atomic E-state index is -0.197. The summed E-state index contributed by atoms with van der Waals surface area (Å²) in [5.74, 6) is 0. The van der Waals surface area contributed by atoms with E-state index < -0.39 is 0 Å². The molecule has 0 bridgehead atoms. The Morgan fingerprint density at radius 3 is 2.23 bits per heavy atom. The van der Waals surface area contributed by atoms with Crippen LogP contribution in [0.3, 0.4) is 0 Å². The molecule has 13 heavy (non-hydrogen) atoms. The number of aldehydes is 1. The summed E-state index contributed by atoms with van der Waals surface area (Å²) < 4.78 is 0. The van der Waals surface area contributed by atoms with E-state index in [1.165, 1.54) is 0 Å². The third kappa shape index (κ3) is 7.51. The third-order valence-corrected chi connectivity index (χ3v) is 1.87. The second kappa shape index (κ2) is 6.64. The predicted octanol–water partition coefficient (Wildman–Crippen LogP) is 3.51. The van der Waals surface area contributed by atoms with E-state index in [0.29, 0.717) is 0 Å². The molecule has 74 valence electrons. The standard InChI is InChI=1S/C12H20O/c1-4-5-6-7-8-9-10-12(2,3)11-13/h4-5,8-9,11H,6-7,10H2,1-3H3. The lowest BCUT2D eigenvalue weighted by molar-refractivity contribution is -0.114. The Morgan fingerprint density at radius 1 is 1.08 bits per heavy atom. The van der Waals surface area contributed by atoms with Crippen molar-refractivity contribution >= 4 is 6.29 Å². The molecule has 1 heteroatoms. The van der Waals surface area contributed by atoms with Gasteiger partial charge in [-0.05, 0) is 26.2 Å². The highest BCUT2D eigenvalue weighted by atomic mass is 16.1. The van der Waals surface area contributed by atoms with Gasteiger partial charge in [-0.15, -0.1) is 0 Å². The largest absolute Gasteiger partial charge is 0.303 e. The lowest BCUT2D eigenvalue weighted by Gasteiger charge is -2.12. The predicted molar refractivity (Wildman–Crippen MR) is 57.7 cm³/mol. The quantitative estimate of drug-likeness (QED) is 0.347. The van der Waals surface area contributed by atoms with Crippen LogP contribution in [0.15, 0.2) is 24.3 Å². The summed E-state index contributed by atoms with van der Waals surface area (Å²) >= 11 is 0. The normalized spacial score (nSPS) is 12.8. The van der Waals surface area contributed by atoms with E-state index in [4.69, 9.17) is 0 Å². The summed E-state index contributed by atoms with van der Waals surface area (Å²) in [6.07, 6.45) is 12.5. The first-order valence-corrected chi connectivity index (χ1v) is 4.85. The molecule has 0 unspecified atom stereocenters. The molecule has 0 saturated carbocycles. The molecule has 0 aliphatic heterocycles. The van der Waals surface area contributed by atoms with Crippen LogP contribution in [0.4, 0.5) is 0 Å². The molecule has 0 aromatic heterocycles. The molecule has 0 rings (SSSR count). The van der Waals surface area contributed by atoms with Crippen molar-refractivity contribution < 1.29 is 4.79 Å². The zero-order chi connectivity index (χ0) is 10.2. The smallest absolute Gasteiger partial charge is 0.125 e. The van der Waals surface area contributed by atoms with Gasteiger partial charge in [-0.2, -0.15) is 0 Å². The van der Waals surface area contributed by atoms with Crippen LogP contribution in [0.5, 0.6) is 0 Å². The summed E-state index contributed by atoms with van der Waals surface area (Å²) in [4.78, 5) is 10.5. The lowest BCUT2D eigenvalue weighted by atomic mass is 9.91. The molecule has 1 nitrogen and oxygen atoms in total. The van der Waals surface area contributed by atoms with Crippen LogP contribution >= 0.6 is 0 Å². The maximum absolute atomic E-state index is 10.5. The van der Waals surface area contributed by atoms with Crippen molar-refractivity contribution in [3.8, 4) is 0 Å². The van der Waals surface area contributed by atoms with Crippen molar-refractivity contribution in [2.75, 3.05) is 0 Å². The Bertz CT molecular complexity index is 187. The molecule has 0 fully saturated rings. The van der Waals surface area contributed by atoms with Crippen molar-refractivity contribution in [3.05, 3.63) is 24.3 Å². The van der Waals surface area contributed by atoms with E-state index in [1.807, 2.05) is 20.8 Å². The van der Waals surface area contributed by atoms with Crippen LogP contribution in [0.2, 0.25) is 0 Å². The summed E-state index contributed by atoms with van der Waals surface area (Å²) in [7, 11) is 0. The van der Waals surface area contributed by atoms with Crippen LogP contribution in [0.25, 0.3) is 0 Å². The van der Waals surface area contributed by atoms with E-state index >= 15 is 0 Å². The average Bonchev–Trinajstić information content (AvgIpc) is 2.11. The minimum absolute atomic E-state index is 0.197. The fourth-order valence-corrected chi connectivity index (χ4v) is 0.912. The first-order chi connectivity index (χ1) is 6.12. The molecule has 0 aromatic carbocycles. The number of carbonyl (C=O) groups excluding carboxylic acids is 1. The van der Waals surface area contributed by atoms with Gasteiger partial charge in [-0.25, -0.2) is 0 Å². The Kier molecular flexibility index (Phi) is 6.21. The van der Waals surface area contributed by atoms with Gasteiger partial charge in [0.05, 0.1) is 0 Å². The van der Waals surface area contributed by atoms with E-state index in [-0.39, 0.29) is 5.41 Å². The number of carbonyl (C=O) groups is 1. The Hall–Kier alpha value is -0.850.